The number of hydrogen-bond donors (Lipinski definition) is 2. The molecule has 2 N–H and O–H groups in total. The minimum absolute atomic E-state index is 0.112. The van der Waals surface area contributed by atoms with E-state index in [0.29, 0.717) is 18.7 Å². The van der Waals surface area contributed by atoms with Gasteiger partial charge in [0.2, 0.25) is 5.91 Å². The van der Waals surface area contributed by atoms with Gasteiger partial charge in [-0.25, -0.2) is 4.79 Å². The number of hydrogen-bond acceptors (Lipinski definition) is 3. The van der Waals surface area contributed by atoms with Crippen molar-refractivity contribution in [1.82, 2.24) is 10.2 Å². The van der Waals surface area contributed by atoms with Crippen molar-refractivity contribution >= 4 is 29.0 Å². The average molecular weight is 367 g/mol. The van der Waals surface area contributed by atoms with Crippen LogP contribution in [0.1, 0.15) is 30.2 Å². The summed E-state index contributed by atoms with van der Waals surface area (Å²) in [4.78, 5) is 26.6. The van der Waals surface area contributed by atoms with Crippen molar-refractivity contribution in [3.05, 3.63) is 52.2 Å². The monoisotopic (exact) mass is 367 g/mol. The van der Waals surface area contributed by atoms with Crippen LogP contribution in [0, 0.1) is 11.8 Å². The second-order valence-corrected chi connectivity index (χ2v) is 7.20. The lowest BCUT2D eigenvalue weighted by Gasteiger charge is -2.21. The summed E-state index contributed by atoms with van der Waals surface area (Å²) in [5.41, 5.74) is 1.52. The van der Waals surface area contributed by atoms with Crippen molar-refractivity contribution in [2.24, 2.45) is 0 Å². The van der Waals surface area contributed by atoms with E-state index >= 15 is 0 Å². The zero-order valence-corrected chi connectivity index (χ0v) is 15.4. The Labute approximate surface area is 157 Å². The molecular weight excluding hydrogens is 346 g/mol. The Morgan fingerprint density at radius 3 is 2.92 bits per heavy atom. The lowest BCUT2D eigenvalue weighted by molar-refractivity contribution is -0.127. The van der Waals surface area contributed by atoms with Gasteiger partial charge >= 0.3 is 6.03 Å². The molecule has 26 heavy (non-hydrogen) atoms. The summed E-state index contributed by atoms with van der Waals surface area (Å²) in [7, 11) is 0. The van der Waals surface area contributed by atoms with E-state index in [2.05, 4.69) is 22.5 Å². The molecule has 5 nitrogen and oxygen atoms in total. The Kier molecular flexibility index (Phi) is 5.92. The highest BCUT2D eigenvalue weighted by Crippen LogP contribution is 2.12. The zero-order chi connectivity index (χ0) is 18.4. The van der Waals surface area contributed by atoms with Crippen molar-refractivity contribution in [2.75, 3.05) is 18.4 Å². The fourth-order valence-corrected chi connectivity index (χ4v) is 3.39. The third-order valence-electron chi connectivity index (χ3n) is 4.01. The molecule has 1 saturated heterocycles. The van der Waals surface area contributed by atoms with Gasteiger partial charge in [0.1, 0.15) is 0 Å². The zero-order valence-electron chi connectivity index (χ0n) is 14.6. The first-order valence-corrected chi connectivity index (χ1v) is 9.49. The largest absolute Gasteiger partial charge is 0.341 e. The molecule has 0 saturated carbocycles. The number of benzene rings is 1. The molecule has 0 unspecified atom stereocenters. The van der Waals surface area contributed by atoms with E-state index in [1.54, 1.807) is 16.2 Å². The molecule has 3 rings (SSSR count). The van der Waals surface area contributed by atoms with E-state index in [4.69, 9.17) is 0 Å². The highest BCUT2D eigenvalue weighted by Gasteiger charge is 2.22. The molecule has 0 bridgehead atoms. The molecule has 0 spiro atoms. The summed E-state index contributed by atoms with van der Waals surface area (Å²) >= 11 is 1.60. The van der Waals surface area contributed by atoms with Crippen LogP contribution in [0.4, 0.5) is 10.5 Å². The summed E-state index contributed by atoms with van der Waals surface area (Å²) < 4.78 is 0. The number of rotatable bonds is 4. The summed E-state index contributed by atoms with van der Waals surface area (Å²) in [5.74, 6) is 6.36. The molecule has 2 heterocycles. The van der Waals surface area contributed by atoms with Crippen molar-refractivity contribution < 1.29 is 9.59 Å². The first-order chi connectivity index (χ1) is 12.6. The van der Waals surface area contributed by atoms with Gasteiger partial charge in [0.05, 0.1) is 4.88 Å². The minimum Gasteiger partial charge on any atom is -0.341 e. The minimum atomic E-state index is -0.285. The predicted octanol–water partition coefficient (Wildman–Crippen LogP) is 3.28. The molecule has 6 heteroatoms. The van der Waals surface area contributed by atoms with E-state index < -0.39 is 0 Å². The molecular formula is C20H21N3O2S. The smallest absolute Gasteiger partial charge is 0.319 e. The quantitative estimate of drug-likeness (QED) is 0.815. The fraction of sp³-hybridized carbons (Fsp3) is 0.300. The maximum absolute atomic E-state index is 12.2. The van der Waals surface area contributed by atoms with E-state index in [9.17, 15) is 9.59 Å². The number of amides is 3. The number of carbonyl (C=O) groups is 2. The fourth-order valence-electron chi connectivity index (χ4n) is 2.82. The number of anilines is 1. The first-order valence-electron chi connectivity index (χ1n) is 8.61. The number of nitrogens with one attached hydrogen (secondary N) is 2. The number of likely N-dealkylation sites (tertiary alicyclic amines) is 1. The Morgan fingerprint density at radius 2 is 2.19 bits per heavy atom. The van der Waals surface area contributed by atoms with Gasteiger partial charge in [-0.3, -0.25) is 4.79 Å². The Balaban J connectivity index is 1.54. The summed E-state index contributed by atoms with van der Waals surface area (Å²) in [6.07, 6.45) is 1.51. The first kappa shape index (κ1) is 18.0. The van der Waals surface area contributed by atoms with Crippen molar-refractivity contribution in [3.63, 3.8) is 0 Å². The Morgan fingerprint density at radius 1 is 1.31 bits per heavy atom. The van der Waals surface area contributed by atoms with Crippen molar-refractivity contribution in [2.45, 2.75) is 25.8 Å². The molecule has 0 aliphatic carbocycles. The summed E-state index contributed by atoms with van der Waals surface area (Å²) in [6, 6.07) is 11.0. The topological polar surface area (TPSA) is 61.4 Å². The molecule has 1 aromatic carbocycles. The number of nitrogens with zero attached hydrogens (tertiary/aromatic N) is 1. The van der Waals surface area contributed by atoms with Crippen LogP contribution in [0.3, 0.4) is 0 Å². The van der Waals surface area contributed by atoms with Gasteiger partial charge in [0.15, 0.2) is 0 Å². The van der Waals surface area contributed by atoms with Crippen LogP contribution in [0.25, 0.3) is 0 Å². The highest BCUT2D eigenvalue weighted by molar-refractivity contribution is 7.10. The number of carbonyl (C=O) groups excluding carboxylic acids is 2. The molecule has 0 radical (unpaired) electrons. The highest BCUT2D eigenvalue weighted by atomic mass is 32.1. The number of urea groups is 1. The third-order valence-corrected chi connectivity index (χ3v) is 4.80. The molecule has 1 atom stereocenters. The van der Waals surface area contributed by atoms with Gasteiger partial charge in [-0.2, -0.15) is 0 Å². The number of thiophene rings is 1. The van der Waals surface area contributed by atoms with Crippen LogP contribution in [-0.4, -0.2) is 36.0 Å². The SMILES string of the molecule is C[C@@H](CN1CCCC1=O)NC(=O)Nc1cccc(C#Cc2cccs2)c1. The third kappa shape index (κ3) is 5.11. The van der Waals surface area contributed by atoms with Gasteiger partial charge in [-0.05, 0) is 43.0 Å². The van der Waals surface area contributed by atoms with Crippen LogP contribution in [0.15, 0.2) is 41.8 Å². The molecule has 1 aromatic heterocycles. The molecule has 1 aliphatic heterocycles. The van der Waals surface area contributed by atoms with Crippen LogP contribution < -0.4 is 10.6 Å². The second-order valence-electron chi connectivity index (χ2n) is 6.25. The van der Waals surface area contributed by atoms with E-state index in [-0.39, 0.29) is 18.0 Å². The molecule has 134 valence electrons. The molecule has 1 fully saturated rings. The summed E-state index contributed by atoms with van der Waals surface area (Å²) in [5, 5.41) is 7.68. The van der Waals surface area contributed by atoms with Gasteiger partial charge in [-0.1, -0.05) is 24.0 Å². The normalized spacial score (nSPS) is 14.5. The van der Waals surface area contributed by atoms with E-state index in [1.165, 1.54) is 0 Å². The average Bonchev–Trinajstić information content (AvgIpc) is 3.25. The van der Waals surface area contributed by atoms with Gasteiger partial charge in [0.25, 0.3) is 0 Å². The summed E-state index contributed by atoms with van der Waals surface area (Å²) in [6.45, 7) is 3.21. The van der Waals surface area contributed by atoms with Crippen LogP contribution >= 0.6 is 11.3 Å². The van der Waals surface area contributed by atoms with Crippen LogP contribution in [0.5, 0.6) is 0 Å². The molecule has 1 aliphatic rings. The van der Waals surface area contributed by atoms with Crippen LogP contribution in [-0.2, 0) is 4.79 Å². The van der Waals surface area contributed by atoms with Gasteiger partial charge in [-0.15, -0.1) is 11.3 Å². The van der Waals surface area contributed by atoms with E-state index in [1.807, 2.05) is 48.7 Å². The van der Waals surface area contributed by atoms with Crippen molar-refractivity contribution in [3.8, 4) is 11.8 Å². The lowest BCUT2D eigenvalue weighted by Crippen LogP contribution is -2.44. The van der Waals surface area contributed by atoms with E-state index in [0.717, 1.165) is 23.4 Å². The van der Waals surface area contributed by atoms with Gasteiger partial charge < -0.3 is 15.5 Å². The molecule has 2 aromatic rings. The predicted molar refractivity (Wildman–Crippen MR) is 104 cm³/mol. The van der Waals surface area contributed by atoms with Crippen LogP contribution in [0.2, 0.25) is 0 Å². The Bertz CT molecular complexity index is 836. The lowest BCUT2D eigenvalue weighted by atomic mass is 10.2. The second kappa shape index (κ2) is 8.54. The van der Waals surface area contributed by atoms with Crippen molar-refractivity contribution in [1.29, 1.82) is 0 Å². The Hall–Kier alpha value is -2.78. The molecule has 3 amide bonds. The maximum Gasteiger partial charge on any atom is 0.319 e. The standard InChI is InChI=1S/C20H21N3O2S/c1-15(14-23-11-3-8-19(23)24)21-20(25)22-17-6-2-5-16(13-17)9-10-18-7-4-12-26-18/h2,4-7,12-13,15H,3,8,11,14H2,1H3,(H2,21,22,25)/t15-/m0/s1. The van der Waals surface area contributed by atoms with Gasteiger partial charge in [0, 0.05) is 36.8 Å². The maximum atomic E-state index is 12.2.